The van der Waals surface area contributed by atoms with E-state index in [0.29, 0.717) is 12.5 Å². The zero-order chi connectivity index (χ0) is 15.3. The molecular formula is C13H21IN4O2S2. The Kier molecular flexibility index (Phi) is 7.94. The highest BCUT2D eigenvalue weighted by Crippen LogP contribution is 2.13. The lowest BCUT2D eigenvalue weighted by Crippen LogP contribution is -2.42. The fraction of sp³-hybridized carbons (Fsp3) is 0.462. The first kappa shape index (κ1) is 19.5. The predicted molar refractivity (Wildman–Crippen MR) is 102 cm³/mol. The first-order chi connectivity index (χ1) is 10.0. The molecular weight excluding hydrogens is 435 g/mol. The van der Waals surface area contributed by atoms with E-state index < -0.39 is 10.0 Å². The van der Waals surface area contributed by atoms with Gasteiger partial charge in [-0.2, -0.15) is 11.8 Å². The van der Waals surface area contributed by atoms with Crippen LogP contribution in [-0.2, 0) is 16.6 Å². The summed E-state index contributed by atoms with van der Waals surface area (Å²) in [5, 5.41) is 0. The molecule has 0 saturated carbocycles. The fourth-order valence-electron chi connectivity index (χ4n) is 1.99. The van der Waals surface area contributed by atoms with Crippen LogP contribution in [0.5, 0.6) is 0 Å². The second-order valence-electron chi connectivity index (χ2n) is 4.63. The predicted octanol–water partition coefficient (Wildman–Crippen LogP) is 1.08. The molecule has 6 nitrogen and oxygen atoms in total. The lowest BCUT2D eigenvalue weighted by atomic mass is 10.2. The van der Waals surface area contributed by atoms with Crippen molar-refractivity contribution in [3.8, 4) is 0 Å². The highest BCUT2D eigenvalue weighted by Gasteiger charge is 2.13. The van der Waals surface area contributed by atoms with Crippen molar-refractivity contribution in [2.24, 2.45) is 10.7 Å². The van der Waals surface area contributed by atoms with E-state index in [9.17, 15) is 8.42 Å². The third-order valence-corrected chi connectivity index (χ3v) is 5.59. The Morgan fingerprint density at radius 2 is 2.09 bits per heavy atom. The summed E-state index contributed by atoms with van der Waals surface area (Å²) in [6.07, 6.45) is 0. The Hall–Kier alpha value is -0.520. The zero-order valence-electron chi connectivity index (χ0n) is 12.4. The molecule has 0 unspecified atom stereocenters. The minimum Gasteiger partial charge on any atom is -0.370 e. The largest absolute Gasteiger partial charge is 0.370 e. The normalized spacial score (nSPS) is 16.2. The summed E-state index contributed by atoms with van der Waals surface area (Å²) in [6.45, 7) is 2.20. The third-order valence-electron chi connectivity index (χ3n) is 3.24. The van der Waals surface area contributed by atoms with Crippen molar-refractivity contribution >= 4 is 51.7 Å². The quantitative estimate of drug-likeness (QED) is 0.402. The smallest absolute Gasteiger partial charge is 0.240 e. The van der Waals surface area contributed by atoms with Crippen molar-refractivity contribution in [1.29, 1.82) is 0 Å². The number of aliphatic imine (C=N–C) groups is 1. The van der Waals surface area contributed by atoms with Gasteiger partial charge in [-0.25, -0.2) is 18.1 Å². The summed E-state index contributed by atoms with van der Waals surface area (Å²) in [4.78, 5) is 6.66. The monoisotopic (exact) mass is 456 g/mol. The van der Waals surface area contributed by atoms with E-state index >= 15 is 0 Å². The first-order valence-corrected chi connectivity index (χ1v) is 9.32. The van der Waals surface area contributed by atoms with E-state index in [0.717, 1.165) is 30.2 Å². The van der Waals surface area contributed by atoms with Gasteiger partial charge in [-0.05, 0) is 24.7 Å². The SMILES string of the molecule is CNS(=O)(=O)c1cccc(CN=C(N)N2CCSCC2)c1.I. The lowest BCUT2D eigenvalue weighted by Gasteiger charge is -2.27. The summed E-state index contributed by atoms with van der Waals surface area (Å²) in [5.41, 5.74) is 6.80. The molecule has 0 atom stereocenters. The molecule has 0 aromatic heterocycles. The van der Waals surface area contributed by atoms with Gasteiger partial charge in [-0.3, -0.25) is 0 Å². The molecule has 22 heavy (non-hydrogen) atoms. The second kappa shape index (κ2) is 8.94. The van der Waals surface area contributed by atoms with Crippen LogP contribution in [0.15, 0.2) is 34.2 Å². The Bertz CT molecular complexity index is 616. The van der Waals surface area contributed by atoms with E-state index in [1.54, 1.807) is 18.2 Å². The average molecular weight is 456 g/mol. The molecule has 1 heterocycles. The number of nitrogens with two attached hydrogens (primary N) is 1. The highest BCUT2D eigenvalue weighted by atomic mass is 127. The molecule has 9 heteroatoms. The summed E-state index contributed by atoms with van der Waals surface area (Å²) in [7, 11) is -2.03. The van der Waals surface area contributed by atoms with Crippen LogP contribution in [-0.4, -0.2) is 50.9 Å². The number of hydrogen-bond acceptors (Lipinski definition) is 4. The number of rotatable bonds is 4. The van der Waals surface area contributed by atoms with Gasteiger partial charge in [0.15, 0.2) is 5.96 Å². The minimum atomic E-state index is -3.42. The van der Waals surface area contributed by atoms with Gasteiger partial charge in [0.2, 0.25) is 10.0 Å². The first-order valence-electron chi connectivity index (χ1n) is 6.68. The van der Waals surface area contributed by atoms with Crippen LogP contribution in [0.1, 0.15) is 5.56 Å². The lowest BCUT2D eigenvalue weighted by molar-refractivity contribution is 0.455. The molecule has 1 aromatic carbocycles. The van der Waals surface area contributed by atoms with Crippen LogP contribution in [0.2, 0.25) is 0 Å². The van der Waals surface area contributed by atoms with Gasteiger partial charge >= 0.3 is 0 Å². The van der Waals surface area contributed by atoms with Crippen molar-refractivity contribution in [3.05, 3.63) is 29.8 Å². The van der Waals surface area contributed by atoms with Gasteiger partial charge < -0.3 is 10.6 Å². The maximum atomic E-state index is 11.8. The second-order valence-corrected chi connectivity index (χ2v) is 7.74. The molecule has 0 amide bonds. The van der Waals surface area contributed by atoms with Gasteiger partial charge in [0.05, 0.1) is 11.4 Å². The Morgan fingerprint density at radius 3 is 2.73 bits per heavy atom. The molecule has 0 radical (unpaired) electrons. The van der Waals surface area contributed by atoms with E-state index in [4.69, 9.17) is 5.73 Å². The molecule has 1 aliphatic rings. The van der Waals surface area contributed by atoms with Crippen molar-refractivity contribution in [2.75, 3.05) is 31.6 Å². The molecule has 1 aromatic rings. The van der Waals surface area contributed by atoms with E-state index in [-0.39, 0.29) is 28.9 Å². The number of halogens is 1. The van der Waals surface area contributed by atoms with E-state index in [1.165, 1.54) is 7.05 Å². The molecule has 2 rings (SSSR count). The molecule has 124 valence electrons. The van der Waals surface area contributed by atoms with Crippen molar-refractivity contribution in [3.63, 3.8) is 0 Å². The molecule has 0 aliphatic carbocycles. The van der Waals surface area contributed by atoms with Crippen LogP contribution >= 0.6 is 35.7 Å². The number of sulfonamides is 1. The van der Waals surface area contributed by atoms with E-state index in [1.807, 2.05) is 17.8 Å². The number of thioether (sulfide) groups is 1. The summed E-state index contributed by atoms with van der Waals surface area (Å²) >= 11 is 1.91. The molecule has 1 fully saturated rings. The number of nitrogens with one attached hydrogen (secondary N) is 1. The molecule has 0 spiro atoms. The Morgan fingerprint density at radius 1 is 1.41 bits per heavy atom. The maximum absolute atomic E-state index is 11.8. The summed E-state index contributed by atoms with van der Waals surface area (Å²) in [5.74, 6) is 2.65. The van der Waals surface area contributed by atoms with Gasteiger partial charge in [0, 0.05) is 24.6 Å². The van der Waals surface area contributed by atoms with Crippen LogP contribution in [0.25, 0.3) is 0 Å². The van der Waals surface area contributed by atoms with Gasteiger partial charge in [-0.15, -0.1) is 24.0 Å². The van der Waals surface area contributed by atoms with Crippen LogP contribution in [0.3, 0.4) is 0 Å². The molecule has 1 saturated heterocycles. The summed E-state index contributed by atoms with van der Waals surface area (Å²) < 4.78 is 25.8. The zero-order valence-corrected chi connectivity index (χ0v) is 16.3. The number of nitrogens with zero attached hydrogens (tertiary/aromatic N) is 2. The number of benzene rings is 1. The average Bonchev–Trinajstić information content (AvgIpc) is 2.53. The minimum absolute atomic E-state index is 0. The summed E-state index contributed by atoms with van der Waals surface area (Å²) in [6, 6.07) is 6.74. The Balaban J connectivity index is 0.00000242. The van der Waals surface area contributed by atoms with Crippen molar-refractivity contribution in [1.82, 2.24) is 9.62 Å². The maximum Gasteiger partial charge on any atom is 0.240 e. The fourth-order valence-corrected chi connectivity index (χ4v) is 3.70. The van der Waals surface area contributed by atoms with Crippen LogP contribution < -0.4 is 10.5 Å². The van der Waals surface area contributed by atoms with Crippen molar-refractivity contribution < 1.29 is 8.42 Å². The topological polar surface area (TPSA) is 87.8 Å². The standard InChI is InChI=1S/C13H20N4O2S2.HI/c1-15-21(18,19)12-4-2-3-11(9-12)10-16-13(14)17-5-7-20-8-6-17;/h2-4,9,15H,5-8,10H2,1H3,(H2,14,16);1H. The van der Waals surface area contributed by atoms with Crippen LogP contribution in [0.4, 0.5) is 0 Å². The molecule has 0 bridgehead atoms. The highest BCUT2D eigenvalue weighted by molar-refractivity contribution is 14.0. The molecule has 1 aliphatic heterocycles. The number of guanidine groups is 1. The molecule has 3 N–H and O–H groups in total. The van der Waals surface area contributed by atoms with Gasteiger partial charge in [0.25, 0.3) is 0 Å². The van der Waals surface area contributed by atoms with Gasteiger partial charge in [-0.1, -0.05) is 12.1 Å². The van der Waals surface area contributed by atoms with Gasteiger partial charge in [0.1, 0.15) is 0 Å². The van der Waals surface area contributed by atoms with Crippen molar-refractivity contribution in [2.45, 2.75) is 11.4 Å². The third kappa shape index (κ3) is 5.28. The van der Waals surface area contributed by atoms with E-state index in [2.05, 4.69) is 14.6 Å². The van der Waals surface area contributed by atoms with Crippen LogP contribution in [0, 0.1) is 0 Å². The number of hydrogen-bond donors (Lipinski definition) is 2. The Labute approximate surface area is 153 Å².